The third kappa shape index (κ3) is 4.85. The van der Waals surface area contributed by atoms with Gasteiger partial charge in [-0.3, -0.25) is 24.0 Å². The summed E-state index contributed by atoms with van der Waals surface area (Å²) < 4.78 is 6.16. The maximum absolute atomic E-state index is 13.9. The molecule has 9 nitrogen and oxygen atoms in total. The first-order chi connectivity index (χ1) is 21.1. The number of nitrogens with one attached hydrogen (secondary N) is 2. The number of hydrogen-bond donors (Lipinski definition) is 3. The number of rotatable bonds is 6. The van der Waals surface area contributed by atoms with E-state index < -0.39 is 47.0 Å². The molecule has 2 aliphatic rings. The van der Waals surface area contributed by atoms with E-state index in [0.717, 1.165) is 0 Å². The molecule has 0 saturated carbocycles. The van der Waals surface area contributed by atoms with Crippen molar-refractivity contribution in [2.75, 3.05) is 10.6 Å². The number of carboxylic acid groups (broad SMARTS) is 1. The zero-order valence-corrected chi connectivity index (χ0v) is 24.1. The first kappa shape index (κ1) is 29.3. The van der Waals surface area contributed by atoms with E-state index in [1.165, 1.54) is 42.5 Å². The molecule has 1 aliphatic carbocycles. The van der Waals surface area contributed by atoms with Crippen LogP contribution in [0.15, 0.2) is 97.1 Å². The number of carboxylic acids is 1. The van der Waals surface area contributed by atoms with Gasteiger partial charge in [0, 0.05) is 28.1 Å². The summed E-state index contributed by atoms with van der Waals surface area (Å²) in [6, 6.07) is 25.1. The fourth-order valence-corrected chi connectivity index (χ4v) is 6.09. The topological polar surface area (TPSA) is 139 Å². The van der Waals surface area contributed by atoms with Crippen molar-refractivity contribution in [1.29, 1.82) is 0 Å². The Labute approximate surface area is 260 Å². The number of Topliss-reactive ketones (excluding diaryl/α,β-unsaturated/α-hetero) is 2. The Hall–Kier alpha value is -4.83. The van der Waals surface area contributed by atoms with Crippen molar-refractivity contribution in [2.24, 2.45) is 11.8 Å². The van der Waals surface area contributed by atoms with E-state index in [2.05, 4.69) is 10.6 Å². The molecule has 220 valence electrons. The van der Waals surface area contributed by atoms with Gasteiger partial charge in [-0.25, -0.2) is 0 Å². The molecule has 1 heterocycles. The molecule has 1 aliphatic heterocycles. The molecule has 0 aromatic heterocycles. The number of carbonyl (C=O) groups is 5. The summed E-state index contributed by atoms with van der Waals surface area (Å²) in [5, 5.41) is 16.2. The van der Waals surface area contributed by atoms with E-state index in [9.17, 15) is 29.1 Å². The molecule has 0 radical (unpaired) electrons. The van der Waals surface area contributed by atoms with Gasteiger partial charge in [0.2, 0.25) is 23.1 Å². The molecule has 0 bridgehead atoms. The smallest absolute Gasteiger partial charge is 0.311 e. The molecular formula is C33H22Cl2N2O7. The van der Waals surface area contributed by atoms with Crippen molar-refractivity contribution < 1.29 is 33.8 Å². The van der Waals surface area contributed by atoms with Gasteiger partial charge in [-0.15, -0.1) is 0 Å². The molecule has 1 fully saturated rings. The highest BCUT2D eigenvalue weighted by Crippen LogP contribution is 2.54. The number of amides is 2. The molecule has 3 N–H and O–H groups in total. The van der Waals surface area contributed by atoms with Crippen molar-refractivity contribution in [1.82, 2.24) is 0 Å². The minimum Gasteiger partial charge on any atom is -0.481 e. The van der Waals surface area contributed by atoms with Gasteiger partial charge in [-0.2, -0.15) is 0 Å². The SMILES string of the molecule is O=C(Nc1ccc(NC(=O)C2C(c3ccc(Cl)c(Cl)c3)OC3(C(=O)c4ccccc4C3=O)C2C(=O)O)cc1)c1ccccc1. The van der Waals surface area contributed by atoms with E-state index >= 15 is 0 Å². The quantitative estimate of drug-likeness (QED) is 0.220. The van der Waals surface area contributed by atoms with Gasteiger partial charge < -0.3 is 20.5 Å². The molecule has 3 unspecified atom stereocenters. The third-order valence-electron chi connectivity index (χ3n) is 7.81. The number of aliphatic carboxylic acids is 1. The van der Waals surface area contributed by atoms with Crippen LogP contribution in [0.2, 0.25) is 10.0 Å². The number of ketones is 2. The second-order valence-electron chi connectivity index (χ2n) is 10.4. The number of hydrogen-bond acceptors (Lipinski definition) is 6. The van der Waals surface area contributed by atoms with Gasteiger partial charge in [0.25, 0.3) is 5.91 Å². The molecule has 2 amide bonds. The minimum atomic E-state index is -2.47. The van der Waals surface area contributed by atoms with Gasteiger partial charge in [0.15, 0.2) is 0 Å². The number of halogens is 2. The van der Waals surface area contributed by atoms with Gasteiger partial charge in [0.1, 0.15) is 5.92 Å². The lowest BCUT2D eigenvalue weighted by atomic mass is 9.75. The molecule has 1 saturated heterocycles. The van der Waals surface area contributed by atoms with Crippen LogP contribution in [-0.2, 0) is 14.3 Å². The first-order valence-electron chi connectivity index (χ1n) is 13.4. The second kappa shape index (κ2) is 11.3. The summed E-state index contributed by atoms with van der Waals surface area (Å²) in [6.07, 6.45) is -1.35. The summed E-state index contributed by atoms with van der Waals surface area (Å²) >= 11 is 12.4. The Morgan fingerprint density at radius 2 is 1.30 bits per heavy atom. The van der Waals surface area contributed by atoms with Crippen LogP contribution < -0.4 is 10.6 Å². The molecule has 4 aromatic rings. The van der Waals surface area contributed by atoms with Crippen LogP contribution in [0.5, 0.6) is 0 Å². The number of benzene rings is 4. The van der Waals surface area contributed by atoms with Crippen LogP contribution in [-0.4, -0.2) is 40.1 Å². The molecule has 4 aromatic carbocycles. The zero-order valence-electron chi connectivity index (χ0n) is 22.6. The second-order valence-corrected chi connectivity index (χ2v) is 11.2. The molecule has 11 heteroatoms. The lowest BCUT2D eigenvalue weighted by Gasteiger charge is -2.25. The summed E-state index contributed by atoms with van der Waals surface area (Å²) in [5.74, 6) is -7.75. The van der Waals surface area contributed by atoms with Crippen molar-refractivity contribution in [3.8, 4) is 0 Å². The molecule has 1 spiro atoms. The highest BCUT2D eigenvalue weighted by molar-refractivity contribution is 6.42. The highest BCUT2D eigenvalue weighted by Gasteiger charge is 2.71. The lowest BCUT2D eigenvalue weighted by Crippen LogP contribution is -2.52. The van der Waals surface area contributed by atoms with Crippen LogP contribution in [0, 0.1) is 11.8 Å². The highest BCUT2D eigenvalue weighted by atomic mass is 35.5. The minimum absolute atomic E-state index is 0.0193. The third-order valence-corrected chi connectivity index (χ3v) is 8.55. The number of carbonyl (C=O) groups excluding carboxylic acids is 4. The van der Waals surface area contributed by atoms with Gasteiger partial charge >= 0.3 is 5.97 Å². The van der Waals surface area contributed by atoms with E-state index in [0.29, 0.717) is 11.3 Å². The number of fused-ring (bicyclic) bond motifs is 1. The van der Waals surface area contributed by atoms with Crippen LogP contribution >= 0.6 is 23.2 Å². The van der Waals surface area contributed by atoms with Crippen molar-refractivity contribution in [2.45, 2.75) is 11.7 Å². The molecule has 6 rings (SSSR count). The Morgan fingerprint density at radius 1 is 0.727 bits per heavy atom. The van der Waals surface area contributed by atoms with Crippen molar-refractivity contribution in [3.63, 3.8) is 0 Å². The number of anilines is 2. The van der Waals surface area contributed by atoms with E-state index in [1.807, 2.05) is 0 Å². The molecule has 3 atom stereocenters. The normalized spacial score (nSPS) is 19.9. The Bertz CT molecular complexity index is 1810. The Kier molecular flexibility index (Phi) is 7.54. The van der Waals surface area contributed by atoms with Crippen molar-refractivity contribution >= 4 is 63.9 Å². The molecular weight excluding hydrogens is 607 g/mol. The average molecular weight is 629 g/mol. The Balaban J connectivity index is 1.34. The van der Waals surface area contributed by atoms with Gasteiger partial charge in [-0.1, -0.05) is 71.7 Å². The van der Waals surface area contributed by atoms with E-state index in [-0.39, 0.29) is 38.3 Å². The van der Waals surface area contributed by atoms with Crippen LogP contribution in [0.4, 0.5) is 11.4 Å². The average Bonchev–Trinajstić information content (AvgIpc) is 3.50. The largest absolute Gasteiger partial charge is 0.481 e. The standard InChI is InChI=1S/C33H22Cl2N2O7/c34-23-15-10-18(16-24(23)35)27-25(26(32(42)43)33(44-27)28(38)21-8-4-5-9-22(21)29(33)39)31(41)37-20-13-11-19(12-14-20)36-30(40)17-6-2-1-3-7-17/h1-16,25-27H,(H,36,40)(H,37,41)(H,42,43). The summed E-state index contributed by atoms with van der Waals surface area (Å²) in [5.41, 5.74) is -0.976. The van der Waals surface area contributed by atoms with Gasteiger partial charge in [-0.05, 0) is 54.1 Å². The van der Waals surface area contributed by atoms with Gasteiger partial charge in [0.05, 0.1) is 22.1 Å². The van der Waals surface area contributed by atoms with E-state index in [4.69, 9.17) is 27.9 Å². The maximum atomic E-state index is 13.9. The zero-order chi connectivity index (χ0) is 31.2. The monoisotopic (exact) mass is 628 g/mol. The molecule has 44 heavy (non-hydrogen) atoms. The number of ether oxygens (including phenoxy) is 1. The fourth-order valence-electron chi connectivity index (χ4n) is 5.78. The van der Waals surface area contributed by atoms with E-state index in [1.54, 1.807) is 54.6 Å². The van der Waals surface area contributed by atoms with Crippen LogP contribution in [0.3, 0.4) is 0 Å². The Morgan fingerprint density at radius 3 is 1.86 bits per heavy atom. The summed E-state index contributed by atoms with van der Waals surface area (Å²) in [4.78, 5) is 66.9. The predicted molar refractivity (Wildman–Crippen MR) is 162 cm³/mol. The summed E-state index contributed by atoms with van der Waals surface area (Å²) in [7, 11) is 0. The maximum Gasteiger partial charge on any atom is 0.311 e. The van der Waals surface area contributed by atoms with Crippen LogP contribution in [0.25, 0.3) is 0 Å². The predicted octanol–water partition coefficient (Wildman–Crippen LogP) is 6.09. The van der Waals surface area contributed by atoms with Crippen molar-refractivity contribution in [3.05, 3.63) is 129 Å². The van der Waals surface area contributed by atoms with Crippen LogP contribution in [0.1, 0.15) is 42.7 Å². The summed E-state index contributed by atoms with van der Waals surface area (Å²) in [6.45, 7) is 0. The lowest BCUT2D eigenvalue weighted by molar-refractivity contribution is -0.147. The first-order valence-corrected chi connectivity index (χ1v) is 14.2. The fraction of sp³-hybridized carbons (Fsp3) is 0.121.